The number of aromatic nitrogens is 4. The topological polar surface area (TPSA) is 207 Å². The molecule has 2 unspecified atom stereocenters. The predicted octanol–water partition coefficient (Wildman–Crippen LogP) is 7.08. The third kappa shape index (κ3) is 12.7. The average Bonchev–Trinajstić information content (AvgIpc) is 1.60. The summed E-state index contributed by atoms with van der Waals surface area (Å²) in [5.41, 5.74) is 1.33. The van der Waals surface area contributed by atoms with Crippen molar-refractivity contribution in [1.82, 2.24) is 59.2 Å². The molecule has 0 bridgehead atoms. The van der Waals surface area contributed by atoms with Crippen LogP contribution in [0.4, 0.5) is 0 Å². The fourth-order valence-corrected chi connectivity index (χ4v) is 18.4. The Balaban J connectivity index is 0.658. The Morgan fingerprint density at radius 2 is 1.02 bits per heavy atom. The van der Waals surface area contributed by atoms with Gasteiger partial charge in [-0.3, -0.25) is 47.7 Å². The lowest BCUT2D eigenvalue weighted by molar-refractivity contribution is -0.157. The van der Waals surface area contributed by atoms with Crippen LogP contribution in [0, 0.1) is 63.1 Å². The van der Waals surface area contributed by atoms with Crippen molar-refractivity contribution in [2.75, 3.05) is 85.6 Å². The summed E-state index contributed by atoms with van der Waals surface area (Å²) in [5, 5.41) is 12.6. The first kappa shape index (κ1) is 63.0. The van der Waals surface area contributed by atoms with E-state index in [9.17, 15) is 28.8 Å². The van der Waals surface area contributed by atoms with E-state index in [1.54, 1.807) is 44.0 Å². The molecule has 496 valence electrons. The van der Waals surface area contributed by atoms with Gasteiger partial charge in [0.15, 0.2) is 0 Å². The molecule has 10 aliphatic rings. The first-order chi connectivity index (χ1) is 44.7. The number of nitrogens with one attached hydrogen (secondary N) is 1. The van der Waals surface area contributed by atoms with Crippen molar-refractivity contribution in [2.45, 2.75) is 149 Å². The molecule has 2 aromatic heterocycles. The highest BCUT2D eigenvalue weighted by molar-refractivity contribution is 5.96. The van der Waals surface area contributed by atoms with E-state index in [2.05, 4.69) is 36.3 Å². The van der Waals surface area contributed by atoms with Gasteiger partial charge in [-0.25, -0.2) is 0 Å². The molecule has 8 amide bonds. The smallest absolute Gasteiger partial charge is 0.257 e. The molecule has 8 heterocycles. The van der Waals surface area contributed by atoms with Gasteiger partial charge < -0.3 is 39.6 Å². The van der Waals surface area contributed by atoms with Crippen LogP contribution in [0.1, 0.15) is 155 Å². The van der Waals surface area contributed by atoms with E-state index in [0.717, 1.165) is 88.2 Å². The summed E-state index contributed by atoms with van der Waals surface area (Å²) in [4.78, 5) is 130. The number of likely N-dealkylation sites (tertiary alicyclic amines) is 6. The monoisotopic (exact) mass is 1270 g/mol. The van der Waals surface area contributed by atoms with Gasteiger partial charge in [-0.1, -0.05) is 120 Å². The number of benzene rings is 2. The van der Waals surface area contributed by atoms with E-state index < -0.39 is 22.7 Å². The second-order valence-electron chi connectivity index (χ2n) is 31.5. The zero-order valence-electron chi connectivity index (χ0n) is 55.2. The summed E-state index contributed by atoms with van der Waals surface area (Å²) in [6, 6.07) is 19.8. The second-order valence-corrected chi connectivity index (χ2v) is 31.5. The molecule has 6 saturated heterocycles. The lowest BCUT2D eigenvalue weighted by Crippen LogP contribution is -2.65. The maximum absolute atomic E-state index is 15.2. The number of rotatable bonds is 16. The Morgan fingerprint density at radius 1 is 0.516 bits per heavy atom. The standard InChI is InChI=1S/C73H96N12O8/c1-70(2)30-58(70)67(91)82-45-72(46-82)43-80(65(89)54-32-74-84(38-54)35-49-18-9-5-10-19-49)41-60(72)62(86)76-56-28-51(34-79(40-56)64(88)52-22-13-7-14-23-52)29-71(3)31-59(71)68(92)83-47-73(48-83)44-81(66(90)55-33-75-85(39-55)36-50-20-11-6-12-21-50)42-61(73)69(93)78-27-17-24-53(37-78)63(87)77(4)57-25-15-8-16-26-57/h5-6,9-12,18-21,32-33,38-39,51-53,56-61H,7-8,13-17,22-31,34-37,40-48H2,1-4H3,(H,76,86)/t51?,53-,56+,58-,59-,60+,61+,71?/m1/s1. The molecule has 93 heavy (non-hydrogen) atoms. The van der Waals surface area contributed by atoms with Gasteiger partial charge in [0.1, 0.15) is 0 Å². The summed E-state index contributed by atoms with van der Waals surface area (Å²) in [5.74, 6) is -1.95. The predicted molar refractivity (Wildman–Crippen MR) is 347 cm³/mol. The van der Waals surface area contributed by atoms with Gasteiger partial charge in [-0.05, 0) is 92.1 Å². The van der Waals surface area contributed by atoms with Gasteiger partial charge in [0.05, 0.1) is 54.4 Å². The molecule has 8 atom stereocenters. The van der Waals surface area contributed by atoms with Crippen LogP contribution in [0.15, 0.2) is 85.5 Å². The Bertz CT molecular complexity index is 3490. The van der Waals surface area contributed by atoms with Crippen LogP contribution in [0.2, 0.25) is 0 Å². The number of piperidine rings is 2. The average molecular weight is 1270 g/mol. The van der Waals surface area contributed by atoms with Gasteiger partial charge in [0.2, 0.25) is 35.4 Å². The fraction of sp³-hybridized carbons (Fsp3) is 0.644. The molecule has 20 heteroatoms. The van der Waals surface area contributed by atoms with E-state index in [1.165, 1.54) is 6.42 Å². The number of carbonyl (C=O) groups excluding carboxylic acids is 8. The van der Waals surface area contributed by atoms with Crippen molar-refractivity contribution in [3.05, 3.63) is 108 Å². The van der Waals surface area contributed by atoms with Crippen molar-refractivity contribution < 1.29 is 38.4 Å². The minimum atomic E-state index is -0.659. The number of hydrogen-bond acceptors (Lipinski definition) is 10. The zero-order chi connectivity index (χ0) is 64.6. The highest BCUT2D eigenvalue weighted by Crippen LogP contribution is 2.60. The van der Waals surface area contributed by atoms with Gasteiger partial charge in [-0.2, -0.15) is 10.2 Å². The summed E-state index contributed by atoms with van der Waals surface area (Å²) in [6.45, 7) is 11.9. The fourth-order valence-electron chi connectivity index (χ4n) is 18.4. The maximum Gasteiger partial charge on any atom is 0.257 e. The largest absolute Gasteiger partial charge is 0.351 e. The zero-order valence-corrected chi connectivity index (χ0v) is 55.2. The molecule has 20 nitrogen and oxygen atoms in total. The number of hydrogen-bond donors (Lipinski definition) is 1. The number of amides is 8. The van der Waals surface area contributed by atoms with Gasteiger partial charge >= 0.3 is 0 Å². The molecule has 6 aliphatic heterocycles. The minimum Gasteiger partial charge on any atom is -0.351 e. The van der Waals surface area contributed by atoms with Crippen LogP contribution < -0.4 is 5.32 Å². The van der Waals surface area contributed by atoms with E-state index in [1.807, 2.05) is 92.2 Å². The third-order valence-corrected chi connectivity index (χ3v) is 24.2. The van der Waals surface area contributed by atoms with E-state index >= 15 is 9.59 Å². The molecule has 2 aromatic carbocycles. The highest BCUT2D eigenvalue weighted by atomic mass is 16.2. The molecular weight excluding hydrogens is 1170 g/mol. The van der Waals surface area contributed by atoms with Gasteiger partial charge in [0, 0.05) is 139 Å². The minimum absolute atomic E-state index is 0.0000268. The highest BCUT2D eigenvalue weighted by Gasteiger charge is 2.65. The Hall–Kier alpha value is -7.38. The molecule has 14 rings (SSSR count). The van der Waals surface area contributed by atoms with Crippen LogP contribution in [0.3, 0.4) is 0 Å². The normalized spacial score (nSPS) is 28.8. The summed E-state index contributed by atoms with van der Waals surface area (Å²) in [6.07, 6.45) is 21.4. The van der Waals surface area contributed by atoms with Crippen molar-refractivity contribution in [3.8, 4) is 0 Å². The quantitative estimate of drug-likeness (QED) is 0.121. The first-order valence-corrected chi connectivity index (χ1v) is 35.2. The molecule has 1 N–H and O–H groups in total. The van der Waals surface area contributed by atoms with E-state index in [0.29, 0.717) is 109 Å². The number of carbonyl (C=O) groups is 8. The lowest BCUT2D eigenvalue weighted by Gasteiger charge is -2.51. The molecule has 4 aliphatic carbocycles. The summed E-state index contributed by atoms with van der Waals surface area (Å²) in [7, 11) is 1.93. The molecule has 0 radical (unpaired) electrons. The Labute approximate surface area is 547 Å². The molecule has 4 aromatic rings. The van der Waals surface area contributed by atoms with Crippen molar-refractivity contribution in [2.24, 2.45) is 63.1 Å². The van der Waals surface area contributed by atoms with E-state index in [-0.39, 0.29) is 113 Å². The van der Waals surface area contributed by atoms with Crippen LogP contribution in [-0.2, 0) is 41.9 Å². The maximum atomic E-state index is 15.2. The summed E-state index contributed by atoms with van der Waals surface area (Å²) < 4.78 is 3.52. The molecule has 10 fully saturated rings. The molecule has 2 spiro atoms. The van der Waals surface area contributed by atoms with Crippen molar-refractivity contribution in [1.29, 1.82) is 0 Å². The molecular formula is C73H96N12O8. The van der Waals surface area contributed by atoms with Crippen LogP contribution >= 0.6 is 0 Å². The van der Waals surface area contributed by atoms with Crippen LogP contribution in [-0.4, -0.2) is 199 Å². The molecule has 4 saturated carbocycles. The van der Waals surface area contributed by atoms with Crippen LogP contribution in [0.5, 0.6) is 0 Å². The lowest BCUT2D eigenvalue weighted by atomic mass is 9.70. The second kappa shape index (κ2) is 25.1. The van der Waals surface area contributed by atoms with Crippen molar-refractivity contribution >= 4 is 47.3 Å². The van der Waals surface area contributed by atoms with Crippen LogP contribution in [0.25, 0.3) is 0 Å². The first-order valence-electron chi connectivity index (χ1n) is 35.2. The van der Waals surface area contributed by atoms with Gasteiger partial charge in [-0.15, -0.1) is 0 Å². The summed E-state index contributed by atoms with van der Waals surface area (Å²) >= 11 is 0. The SMILES string of the molecule is CN(C(=O)[C@@H]1CCCN(C(=O)[C@@H]2CN(C(=O)c3cnn(Cc4ccccc4)c3)CC23CN(C(=O)[C@H]2CC2(C)CC2C[C@H](NC(=O)[C@@H]4CN(C(=O)c5cnn(Cc6ccccc6)c5)CC45CN(C(=O)[C@H]4CC4(C)C)C5)CN(C(=O)C4CCCCC4)C2)C3)C1)C1CCCCC1. The Kier molecular flexibility index (Phi) is 17.0. The number of nitrogens with zero attached hydrogens (tertiary/aromatic N) is 11. The third-order valence-electron chi connectivity index (χ3n) is 24.2. The van der Waals surface area contributed by atoms with Gasteiger partial charge in [0.25, 0.3) is 11.8 Å². The van der Waals surface area contributed by atoms with E-state index in [4.69, 9.17) is 0 Å². The Morgan fingerprint density at radius 3 is 1.59 bits per heavy atom. The van der Waals surface area contributed by atoms with Crippen molar-refractivity contribution in [3.63, 3.8) is 0 Å².